The van der Waals surface area contributed by atoms with Gasteiger partial charge in [0.1, 0.15) is 5.82 Å². The van der Waals surface area contributed by atoms with E-state index in [4.69, 9.17) is 12.2 Å². The molecule has 0 spiro atoms. The molecule has 3 N–H and O–H groups in total. The van der Waals surface area contributed by atoms with Crippen molar-refractivity contribution in [3.63, 3.8) is 0 Å². The molecule has 28 heavy (non-hydrogen) atoms. The van der Waals surface area contributed by atoms with E-state index in [0.717, 1.165) is 0 Å². The number of nitrogens with one attached hydrogen (secondary N) is 3. The molecule has 4 rings (SSSR count). The predicted octanol–water partition coefficient (Wildman–Crippen LogP) is 3.40. The maximum Gasteiger partial charge on any atom is 0.256 e. The molecule has 1 aliphatic rings. The Morgan fingerprint density at radius 1 is 1.11 bits per heavy atom. The topological polar surface area (TPSA) is 81.0 Å². The minimum absolute atomic E-state index is 0.00218. The molecule has 1 aromatic heterocycles. The molecule has 2 amide bonds. The number of amides is 2. The summed E-state index contributed by atoms with van der Waals surface area (Å²) in [5, 5.41) is 3.01. The molecule has 0 bridgehead atoms. The predicted molar refractivity (Wildman–Crippen MR) is 106 cm³/mol. The first-order valence-electron chi connectivity index (χ1n) is 9.08. The summed E-state index contributed by atoms with van der Waals surface area (Å²) in [4.78, 5) is 32.7. The summed E-state index contributed by atoms with van der Waals surface area (Å²) >= 11 is 5.06. The Morgan fingerprint density at radius 3 is 2.54 bits per heavy atom. The number of nitrogens with zero attached hydrogens (tertiary/aromatic N) is 1. The SMILES string of the molecule is O=C(NC1CCN(C(=O)c2cc(F)cc3[nH]c(=S)[nH]c23)CC1)c1ccccc1. The van der Waals surface area contributed by atoms with Crippen LogP contribution in [0.4, 0.5) is 4.39 Å². The van der Waals surface area contributed by atoms with Crippen LogP contribution in [-0.4, -0.2) is 45.8 Å². The van der Waals surface area contributed by atoms with Gasteiger partial charge in [0, 0.05) is 24.7 Å². The molecule has 0 radical (unpaired) electrons. The van der Waals surface area contributed by atoms with Crippen molar-refractivity contribution >= 4 is 35.1 Å². The van der Waals surface area contributed by atoms with Crippen LogP contribution in [0.15, 0.2) is 42.5 Å². The molecule has 144 valence electrons. The third kappa shape index (κ3) is 3.68. The van der Waals surface area contributed by atoms with E-state index in [-0.39, 0.29) is 23.4 Å². The van der Waals surface area contributed by atoms with Gasteiger partial charge < -0.3 is 20.2 Å². The van der Waals surface area contributed by atoms with E-state index in [2.05, 4.69) is 15.3 Å². The number of halogens is 1. The van der Waals surface area contributed by atoms with E-state index >= 15 is 0 Å². The summed E-state index contributed by atoms with van der Waals surface area (Å²) in [6, 6.07) is 11.6. The van der Waals surface area contributed by atoms with E-state index in [1.54, 1.807) is 17.0 Å². The van der Waals surface area contributed by atoms with E-state index in [1.807, 2.05) is 18.2 Å². The van der Waals surface area contributed by atoms with Crippen LogP contribution in [0.1, 0.15) is 33.6 Å². The minimum atomic E-state index is -0.494. The number of piperidine rings is 1. The van der Waals surface area contributed by atoms with Gasteiger partial charge in [-0.2, -0.15) is 0 Å². The first-order valence-corrected chi connectivity index (χ1v) is 9.49. The molecule has 8 heteroatoms. The third-order valence-corrected chi connectivity index (χ3v) is 5.18. The Kier molecular flexibility index (Phi) is 4.95. The van der Waals surface area contributed by atoms with Crippen molar-refractivity contribution in [1.82, 2.24) is 20.2 Å². The van der Waals surface area contributed by atoms with E-state index in [9.17, 15) is 14.0 Å². The molecular formula is C20H19FN4O2S. The fraction of sp³-hybridized carbons (Fsp3) is 0.250. The van der Waals surface area contributed by atoms with Crippen molar-refractivity contribution in [2.45, 2.75) is 18.9 Å². The van der Waals surface area contributed by atoms with Crippen molar-refractivity contribution in [2.75, 3.05) is 13.1 Å². The number of hydrogen-bond donors (Lipinski definition) is 3. The highest BCUT2D eigenvalue weighted by atomic mass is 32.1. The van der Waals surface area contributed by atoms with Gasteiger partial charge in [0.05, 0.1) is 16.6 Å². The standard InChI is InChI=1S/C20H19FN4O2S/c21-13-10-15(17-16(11-13)23-20(28)24-17)19(27)25-8-6-14(7-9-25)22-18(26)12-4-2-1-3-5-12/h1-5,10-11,14H,6-9H2,(H,22,26)(H2,23,24,28). The van der Waals surface area contributed by atoms with Crippen LogP contribution in [0.2, 0.25) is 0 Å². The van der Waals surface area contributed by atoms with Gasteiger partial charge in [-0.3, -0.25) is 9.59 Å². The smallest absolute Gasteiger partial charge is 0.256 e. The number of benzene rings is 2. The lowest BCUT2D eigenvalue weighted by molar-refractivity contribution is 0.0699. The molecule has 1 aliphatic heterocycles. The number of hydrogen-bond acceptors (Lipinski definition) is 3. The van der Waals surface area contributed by atoms with Gasteiger partial charge in [0.25, 0.3) is 11.8 Å². The lowest BCUT2D eigenvalue weighted by atomic mass is 10.0. The summed E-state index contributed by atoms with van der Waals surface area (Å²) in [6.45, 7) is 0.976. The van der Waals surface area contributed by atoms with Crippen LogP contribution in [0, 0.1) is 10.6 Å². The average Bonchev–Trinajstić information content (AvgIpc) is 3.08. The Hall–Kier alpha value is -3.00. The van der Waals surface area contributed by atoms with Crippen molar-refractivity contribution in [3.05, 3.63) is 64.2 Å². The number of aromatic nitrogens is 2. The van der Waals surface area contributed by atoms with Gasteiger partial charge in [0.2, 0.25) is 0 Å². The van der Waals surface area contributed by atoms with Crippen molar-refractivity contribution < 1.29 is 14.0 Å². The van der Waals surface area contributed by atoms with Crippen LogP contribution < -0.4 is 5.32 Å². The number of aromatic amines is 2. The Balaban J connectivity index is 1.43. The molecule has 0 atom stereocenters. The van der Waals surface area contributed by atoms with Crippen LogP contribution in [0.25, 0.3) is 11.0 Å². The van der Waals surface area contributed by atoms with Crippen LogP contribution in [-0.2, 0) is 0 Å². The van der Waals surface area contributed by atoms with E-state index in [0.29, 0.717) is 47.3 Å². The first kappa shape index (κ1) is 18.4. The second-order valence-electron chi connectivity index (χ2n) is 6.86. The molecule has 1 saturated heterocycles. The maximum absolute atomic E-state index is 13.9. The molecule has 1 fully saturated rings. The van der Waals surface area contributed by atoms with Crippen molar-refractivity contribution in [3.8, 4) is 0 Å². The maximum atomic E-state index is 13.9. The Labute approximate surface area is 165 Å². The number of H-pyrrole nitrogens is 2. The molecule has 2 aromatic carbocycles. The molecule has 3 aromatic rings. The quantitative estimate of drug-likeness (QED) is 0.592. The molecule has 2 heterocycles. The highest BCUT2D eigenvalue weighted by molar-refractivity contribution is 7.71. The fourth-order valence-corrected chi connectivity index (χ4v) is 3.74. The van der Waals surface area contributed by atoms with Gasteiger partial charge in [-0.15, -0.1) is 0 Å². The number of likely N-dealkylation sites (tertiary alicyclic amines) is 1. The number of carbonyl (C=O) groups excluding carboxylic acids is 2. The minimum Gasteiger partial charge on any atom is -0.349 e. The highest BCUT2D eigenvalue weighted by Gasteiger charge is 2.26. The fourth-order valence-electron chi connectivity index (χ4n) is 3.53. The Bertz CT molecular complexity index is 1080. The summed E-state index contributed by atoms with van der Waals surface area (Å²) in [6.07, 6.45) is 1.29. The van der Waals surface area contributed by atoms with Crippen molar-refractivity contribution in [2.24, 2.45) is 0 Å². The molecule has 0 aliphatic carbocycles. The normalized spacial score (nSPS) is 15.0. The summed E-state index contributed by atoms with van der Waals surface area (Å²) in [7, 11) is 0. The largest absolute Gasteiger partial charge is 0.349 e. The summed E-state index contributed by atoms with van der Waals surface area (Å²) in [5.41, 5.74) is 1.86. The van der Waals surface area contributed by atoms with Gasteiger partial charge in [-0.1, -0.05) is 18.2 Å². The monoisotopic (exact) mass is 398 g/mol. The molecular weight excluding hydrogens is 379 g/mol. The second-order valence-corrected chi connectivity index (χ2v) is 7.27. The molecule has 6 nitrogen and oxygen atoms in total. The van der Waals surface area contributed by atoms with Crippen LogP contribution >= 0.6 is 12.2 Å². The average molecular weight is 398 g/mol. The number of fused-ring (bicyclic) bond motifs is 1. The lowest BCUT2D eigenvalue weighted by Crippen LogP contribution is -2.46. The Morgan fingerprint density at radius 2 is 1.82 bits per heavy atom. The number of imidazole rings is 1. The van der Waals surface area contributed by atoms with E-state index < -0.39 is 5.82 Å². The second kappa shape index (κ2) is 7.55. The summed E-state index contributed by atoms with van der Waals surface area (Å²) in [5.74, 6) is -0.856. The van der Waals surface area contributed by atoms with Gasteiger partial charge in [-0.05, 0) is 49.3 Å². The lowest BCUT2D eigenvalue weighted by Gasteiger charge is -2.32. The number of rotatable bonds is 3. The highest BCUT2D eigenvalue weighted by Crippen LogP contribution is 2.21. The zero-order valence-corrected chi connectivity index (χ0v) is 15.8. The summed E-state index contributed by atoms with van der Waals surface area (Å²) < 4.78 is 14.3. The third-order valence-electron chi connectivity index (χ3n) is 4.97. The van der Waals surface area contributed by atoms with Crippen LogP contribution in [0.3, 0.4) is 0 Å². The van der Waals surface area contributed by atoms with Gasteiger partial charge in [0.15, 0.2) is 4.77 Å². The van der Waals surface area contributed by atoms with Gasteiger partial charge in [-0.25, -0.2) is 4.39 Å². The molecule has 0 saturated carbocycles. The zero-order valence-electron chi connectivity index (χ0n) is 15.0. The van der Waals surface area contributed by atoms with Crippen LogP contribution in [0.5, 0.6) is 0 Å². The van der Waals surface area contributed by atoms with Crippen molar-refractivity contribution in [1.29, 1.82) is 0 Å². The van der Waals surface area contributed by atoms with Gasteiger partial charge >= 0.3 is 0 Å². The van der Waals surface area contributed by atoms with E-state index in [1.165, 1.54) is 12.1 Å². The molecule has 0 unspecified atom stereocenters. The zero-order chi connectivity index (χ0) is 19.7. The first-order chi connectivity index (χ1) is 13.5. The number of carbonyl (C=O) groups is 2.